The van der Waals surface area contributed by atoms with Crippen molar-refractivity contribution in [1.82, 2.24) is 19.7 Å². The smallest absolute Gasteiger partial charge is 0.159 e. The minimum atomic E-state index is -0.165. The van der Waals surface area contributed by atoms with Gasteiger partial charge in [-0.3, -0.25) is 9.97 Å². The van der Waals surface area contributed by atoms with E-state index in [9.17, 15) is 0 Å². The molecule has 0 fully saturated rings. The van der Waals surface area contributed by atoms with Crippen molar-refractivity contribution >= 4 is 5.82 Å². The lowest BCUT2D eigenvalue weighted by Crippen LogP contribution is -2.34. The molecule has 5 nitrogen and oxygen atoms in total. The summed E-state index contributed by atoms with van der Waals surface area (Å²) >= 11 is 0. The number of pyridine rings is 2. The molecule has 2 aliphatic rings. The lowest BCUT2D eigenvalue weighted by molar-refractivity contribution is 0.506. The van der Waals surface area contributed by atoms with Crippen molar-refractivity contribution in [2.24, 2.45) is 0 Å². The van der Waals surface area contributed by atoms with E-state index in [-0.39, 0.29) is 5.41 Å². The predicted octanol–water partition coefficient (Wildman–Crippen LogP) is 4.49. The lowest BCUT2D eigenvalue weighted by Gasteiger charge is -2.32. The van der Waals surface area contributed by atoms with Crippen molar-refractivity contribution in [3.63, 3.8) is 0 Å². The van der Waals surface area contributed by atoms with Crippen LogP contribution in [0.5, 0.6) is 0 Å². The van der Waals surface area contributed by atoms with Crippen LogP contribution in [0, 0.1) is 0 Å². The van der Waals surface area contributed by atoms with Gasteiger partial charge in [0.2, 0.25) is 0 Å². The van der Waals surface area contributed by atoms with E-state index < -0.39 is 0 Å². The Labute approximate surface area is 181 Å². The minimum Gasteiger partial charge on any atom is -0.327 e. The van der Waals surface area contributed by atoms with Crippen molar-refractivity contribution in [3.8, 4) is 5.69 Å². The first-order chi connectivity index (χ1) is 15.3. The third-order valence-electron chi connectivity index (χ3n) is 6.47. The van der Waals surface area contributed by atoms with Gasteiger partial charge in [-0.2, -0.15) is 0 Å². The van der Waals surface area contributed by atoms with Crippen LogP contribution in [-0.2, 0) is 18.3 Å². The lowest BCUT2D eigenvalue weighted by atomic mass is 9.71. The number of anilines is 1. The molecule has 0 bridgehead atoms. The zero-order valence-corrected chi connectivity index (χ0v) is 17.2. The van der Waals surface area contributed by atoms with Crippen molar-refractivity contribution in [1.29, 1.82) is 0 Å². The molecule has 152 valence electrons. The summed E-state index contributed by atoms with van der Waals surface area (Å²) in [7, 11) is 0. The molecule has 0 atom stereocenters. The molecule has 3 aromatic heterocycles. The molecule has 6 rings (SSSR count). The standard InChI is InChI=1S/C26H23N5/c1-2-5-22(6-3-1)31-19-23-25(29-31)30-16-4-7-24(30)26(23,17-20-8-12-27-13-9-20)18-21-10-14-28-15-11-21/h1-3,5-15,19H,4,16-18H2. The number of para-hydroxylation sites is 1. The Hall–Kier alpha value is -3.73. The molecule has 5 heterocycles. The fourth-order valence-corrected chi connectivity index (χ4v) is 5.12. The second kappa shape index (κ2) is 7.20. The molecule has 0 unspecified atom stereocenters. The molecule has 2 aliphatic heterocycles. The maximum Gasteiger partial charge on any atom is 0.159 e. The summed E-state index contributed by atoms with van der Waals surface area (Å²) in [6.07, 6.45) is 15.1. The number of aromatic nitrogens is 4. The van der Waals surface area contributed by atoms with Gasteiger partial charge in [0.1, 0.15) is 0 Å². The molecular weight excluding hydrogens is 382 g/mol. The number of allylic oxidation sites excluding steroid dienone is 1. The Morgan fingerprint density at radius 1 is 0.806 bits per heavy atom. The highest BCUT2D eigenvalue weighted by molar-refractivity contribution is 5.70. The van der Waals surface area contributed by atoms with Crippen LogP contribution < -0.4 is 4.90 Å². The van der Waals surface area contributed by atoms with Crippen LogP contribution in [0.1, 0.15) is 23.1 Å². The van der Waals surface area contributed by atoms with E-state index in [1.165, 1.54) is 22.4 Å². The highest BCUT2D eigenvalue weighted by atomic mass is 15.4. The number of rotatable bonds is 5. The largest absolute Gasteiger partial charge is 0.327 e. The molecule has 31 heavy (non-hydrogen) atoms. The third-order valence-corrected chi connectivity index (χ3v) is 6.47. The molecule has 0 amide bonds. The van der Waals surface area contributed by atoms with Crippen LogP contribution >= 0.6 is 0 Å². The first kappa shape index (κ1) is 18.1. The summed E-state index contributed by atoms with van der Waals surface area (Å²) in [6, 6.07) is 18.9. The van der Waals surface area contributed by atoms with E-state index in [1.54, 1.807) is 0 Å². The molecule has 0 radical (unpaired) electrons. The molecule has 0 spiro atoms. The molecule has 1 aromatic carbocycles. The van der Waals surface area contributed by atoms with Gasteiger partial charge in [0, 0.05) is 54.2 Å². The second-order valence-corrected chi connectivity index (χ2v) is 8.32. The molecule has 0 saturated carbocycles. The summed E-state index contributed by atoms with van der Waals surface area (Å²) in [5, 5.41) is 5.06. The number of fused-ring (bicyclic) bond motifs is 3. The van der Waals surface area contributed by atoms with Crippen molar-refractivity contribution < 1.29 is 0 Å². The Morgan fingerprint density at radius 3 is 2.10 bits per heavy atom. The van der Waals surface area contributed by atoms with Gasteiger partial charge in [-0.1, -0.05) is 24.3 Å². The van der Waals surface area contributed by atoms with E-state index >= 15 is 0 Å². The maximum absolute atomic E-state index is 5.06. The van der Waals surface area contributed by atoms with Crippen molar-refractivity contribution in [2.75, 3.05) is 11.4 Å². The fourth-order valence-electron chi connectivity index (χ4n) is 5.12. The maximum atomic E-state index is 5.06. The number of hydrogen-bond donors (Lipinski definition) is 0. The first-order valence-corrected chi connectivity index (χ1v) is 10.8. The average molecular weight is 406 g/mol. The van der Waals surface area contributed by atoms with E-state index in [0.29, 0.717) is 0 Å². The van der Waals surface area contributed by atoms with Crippen LogP contribution in [0.2, 0.25) is 0 Å². The van der Waals surface area contributed by atoms with Gasteiger partial charge in [-0.05, 0) is 66.8 Å². The normalized spacial score (nSPS) is 16.1. The summed E-state index contributed by atoms with van der Waals surface area (Å²) in [5.41, 5.74) is 6.19. The number of nitrogens with zero attached hydrogens (tertiary/aromatic N) is 5. The third kappa shape index (κ3) is 2.96. The zero-order valence-electron chi connectivity index (χ0n) is 17.2. The van der Waals surface area contributed by atoms with E-state index in [0.717, 1.165) is 37.3 Å². The summed E-state index contributed by atoms with van der Waals surface area (Å²) in [4.78, 5) is 10.9. The van der Waals surface area contributed by atoms with Crippen molar-refractivity contribution in [3.05, 3.63) is 114 Å². The monoisotopic (exact) mass is 405 g/mol. The van der Waals surface area contributed by atoms with Crippen LogP contribution in [0.25, 0.3) is 5.69 Å². The molecule has 5 heteroatoms. The second-order valence-electron chi connectivity index (χ2n) is 8.32. The number of benzene rings is 1. The first-order valence-electron chi connectivity index (χ1n) is 10.8. The molecule has 0 saturated heterocycles. The van der Waals surface area contributed by atoms with Gasteiger partial charge in [0.05, 0.1) is 5.69 Å². The van der Waals surface area contributed by atoms with Gasteiger partial charge in [-0.15, -0.1) is 5.10 Å². The quantitative estimate of drug-likeness (QED) is 0.491. The van der Waals surface area contributed by atoms with Gasteiger partial charge < -0.3 is 4.90 Å². The highest BCUT2D eigenvalue weighted by Crippen LogP contribution is 2.53. The van der Waals surface area contributed by atoms with Crippen LogP contribution in [0.4, 0.5) is 5.82 Å². The molecule has 0 aliphatic carbocycles. The topological polar surface area (TPSA) is 46.8 Å². The van der Waals surface area contributed by atoms with Gasteiger partial charge in [0.15, 0.2) is 5.82 Å². The van der Waals surface area contributed by atoms with E-state index in [1.807, 2.05) is 35.5 Å². The Kier molecular flexibility index (Phi) is 4.20. The zero-order chi connectivity index (χ0) is 20.7. The van der Waals surface area contributed by atoms with Crippen LogP contribution in [-0.4, -0.2) is 26.3 Å². The number of hydrogen-bond acceptors (Lipinski definition) is 4. The SMILES string of the molecule is C1=C2N(CC1)c1nn(-c3ccccc3)cc1C2(Cc1ccncc1)Cc1ccncc1. The summed E-state index contributed by atoms with van der Waals surface area (Å²) in [6.45, 7) is 0.989. The summed E-state index contributed by atoms with van der Waals surface area (Å²) in [5.74, 6) is 1.09. The molecule has 0 N–H and O–H groups in total. The van der Waals surface area contributed by atoms with Gasteiger partial charge in [-0.25, -0.2) is 4.68 Å². The molecular formula is C26H23N5. The van der Waals surface area contributed by atoms with E-state index in [4.69, 9.17) is 5.10 Å². The van der Waals surface area contributed by atoms with Crippen LogP contribution in [0.3, 0.4) is 0 Å². The Morgan fingerprint density at radius 2 is 1.45 bits per heavy atom. The average Bonchev–Trinajstić information content (AvgIpc) is 3.52. The Balaban J connectivity index is 1.53. The van der Waals surface area contributed by atoms with Gasteiger partial charge >= 0.3 is 0 Å². The minimum absolute atomic E-state index is 0.165. The Bertz CT molecular complexity index is 1190. The predicted molar refractivity (Wildman–Crippen MR) is 121 cm³/mol. The van der Waals surface area contributed by atoms with Gasteiger partial charge in [0.25, 0.3) is 0 Å². The van der Waals surface area contributed by atoms with Crippen LogP contribution in [0.15, 0.2) is 97.4 Å². The van der Waals surface area contributed by atoms with Crippen molar-refractivity contribution in [2.45, 2.75) is 24.7 Å². The summed E-state index contributed by atoms with van der Waals surface area (Å²) < 4.78 is 2.04. The molecule has 4 aromatic rings. The highest BCUT2D eigenvalue weighted by Gasteiger charge is 2.50. The van der Waals surface area contributed by atoms with E-state index in [2.05, 4.69) is 75.7 Å². The fraction of sp³-hybridized carbons (Fsp3) is 0.192.